The molecule has 0 fully saturated rings. The Labute approximate surface area is 148 Å². The van der Waals surface area contributed by atoms with Crippen molar-refractivity contribution in [1.82, 2.24) is 4.57 Å². The van der Waals surface area contributed by atoms with Gasteiger partial charge in [0.05, 0.1) is 0 Å². The van der Waals surface area contributed by atoms with Crippen LogP contribution in [0, 0.1) is 5.92 Å². The van der Waals surface area contributed by atoms with Crippen molar-refractivity contribution in [2.24, 2.45) is 5.92 Å². The van der Waals surface area contributed by atoms with E-state index in [0.717, 1.165) is 47.3 Å². The van der Waals surface area contributed by atoms with Crippen LogP contribution in [0.3, 0.4) is 0 Å². The molecule has 3 heteroatoms. The molecule has 1 aromatic heterocycles. The molecule has 2 aromatic carbocycles. The van der Waals surface area contributed by atoms with Crippen LogP contribution in [0.15, 0.2) is 36.4 Å². The van der Waals surface area contributed by atoms with Crippen molar-refractivity contribution in [3.63, 3.8) is 0 Å². The summed E-state index contributed by atoms with van der Waals surface area (Å²) in [5.41, 5.74) is 3.54. The maximum absolute atomic E-state index is 11.2. The maximum Gasteiger partial charge on any atom is 0.150 e. The number of hydrogen-bond donors (Lipinski definition) is 0. The lowest BCUT2D eigenvalue weighted by Crippen LogP contribution is -2.10. The predicted molar refractivity (Wildman–Crippen MR) is 104 cm³/mol. The third-order valence-corrected chi connectivity index (χ3v) is 5.17. The molecule has 130 valence electrons. The Hall–Kier alpha value is -2.42. The molecule has 0 saturated heterocycles. The van der Waals surface area contributed by atoms with Crippen LogP contribution in [0.5, 0.6) is 0 Å². The largest absolute Gasteiger partial charge is 0.340 e. The van der Waals surface area contributed by atoms with Gasteiger partial charge in [0.25, 0.3) is 0 Å². The second kappa shape index (κ2) is 7.64. The first-order valence-electron chi connectivity index (χ1n) is 9.18. The van der Waals surface area contributed by atoms with Crippen molar-refractivity contribution in [3.8, 4) is 0 Å². The molecular formula is C22H25NO2. The van der Waals surface area contributed by atoms with E-state index in [-0.39, 0.29) is 0 Å². The molecule has 1 heterocycles. The monoisotopic (exact) mass is 335 g/mol. The van der Waals surface area contributed by atoms with Gasteiger partial charge in [-0.05, 0) is 24.5 Å². The SMILES string of the molecule is CCCCC(CC)Cn1c2cc(C=O)ccc2c2ccc(C=O)cc21. The first-order valence-corrected chi connectivity index (χ1v) is 9.18. The molecule has 0 saturated carbocycles. The number of carbonyl (C=O) groups excluding carboxylic acids is 2. The highest BCUT2D eigenvalue weighted by atomic mass is 16.1. The van der Waals surface area contributed by atoms with Crippen LogP contribution in [-0.4, -0.2) is 17.1 Å². The van der Waals surface area contributed by atoms with Crippen LogP contribution in [0.4, 0.5) is 0 Å². The molecule has 0 aliphatic heterocycles. The Bertz CT molecular complexity index is 842. The first-order chi connectivity index (χ1) is 12.2. The Balaban J connectivity index is 2.19. The average Bonchev–Trinajstić information content (AvgIpc) is 2.96. The Morgan fingerprint density at radius 3 is 1.92 bits per heavy atom. The number of aromatic nitrogens is 1. The van der Waals surface area contributed by atoms with Gasteiger partial charge in [0.2, 0.25) is 0 Å². The molecule has 0 aliphatic rings. The standard InChI is InChI=1S/C22H25NO2/c1-3-5-6-16(4-2)13-23-21-11-17(14-24)7-9-19(21)20-10-8-18(15-25)12-22(20)23/h7-12,14-16H,3-6,13H2,1-2H3. The fraction of sp³-hybridized carbons (Fsp3) is 0.364. The van der Waals surface area contributed by atoms with Gasteiger partial charge in [-0.1, -0.05) is 57.4 Å². The van der Waals surface area contributed by atoms with E-state index >= 15 is 0 Å². The second-order valence-electron chi connectivity index (χ2n) is 6.82. The zero-order valence-electron chi connectivity index (χ0n) is 15.0. The Morgan fingerprint density at radius 2 is 1.48 bits per heavy atom. The van der Waals surface area contributed by atoms with Crippen molar-refractivity contribution in [3.05, 3.63) is 47.5 Å². The summed E-state index contributed by atoms with van der Waals surface area (Å²) in [4.78, 5) is 22.5. The van der Waals surface area contributed by atoms with Gasteiger partial charge in [-0.15, -0.1) is 0 Å². The van der Waals surface area contributed by atoms with E-state index in [2.05, 4.69) is 18.4 Å². The molecule has 0 N–H and O–H groups in total. The van der Waals surface area contributed by atoms with Crippen molar-refractivity contribution in [2.75, 3.05) is 0 Å². The topological polar surface area (TPSA) is 39.1 Å². The summed E-state index contributed by atoms with van der Waals surface area (Å²) in [6.45, 7) is 5.38. The summed E-state index contributed by atoms with van der Waals surface area (Å²) in [6, 6.07) is 11.7. The molecule has 3 aromatic rings. The molecule has 1 unspecified atom stereocenters. The fourth-order valence-electron chi connectivity index (χ4n) is 3.65. The van der Waals surface area contributed by atoms with Crippen molar-refractivity contribution < 1.29 is 9.59 Å². The van der Waals surface area contributed by atoms with Gasteiger partial charge >= 0.3 is 0 Å². The second-order valence-corrected chi connectivity index (χ2v) is 6.82. The van der Waals surface area contributed by atoms with Crippen LogP contribution in [0.25, 0.3) is 21.8 Å². The summed E-state index contributed by atoms with van der Waals surface area (Å²) in [5, 5.41) is 2.28. The molecule has 0 bridgehead atoms. The number of unbranched alkanes of at least 4 members (excludes halogenated alkanes) is 1. The minimum absolute atomic E-state index is 0.596. The zero-order chi connectivity index (χ0) is 17.8. The summed E-state index contributed by atoms with van der Waals surface area (Å²) >= 11 is 0. The van der Waals surface area contributed by atoms with Gasteiger partial charge in [0, 0.05) is 39.5 Å². The van der Waals surface area contributed by atoms with Crippen LogP contribution in [-0.2, 0) is 6.54 Å². The van der Waals surface area contributed by atoms with Crippen molar-refractivity contribution in [1.29, 1.82) is 0 Å². The van der Waals surface area contributed by atoms with E-state index in [4.69, 9.17) is 0 Å². The quantitative estimate of drug-likeness (QED) is 0.500. The molecule has 0 aliphatic carbocycles. The molecule has 1 atom stereocenters. The van der Waals surface area contributed by atoms with E-state index in [1.54, 1.807) is 0 Å². The zero-order valence-corrected chi connectivity index (χ0v) is 15.0. The van der Waals surface area contributed by atoms with Gasteiger partial charge < -0.3 is 4.57 Å². The van der Waals surface area contributed by atoms with Crippen molar-refractivity contribution in [2.45, 2.75) is 46.1 Å². The van der Waals surface area contributed by atoms with Crippen LogP contribution in [0.2, 0.25) is 0 Å². The minimum atomic E-state index is 0.596. The van der Waals surface area contributed by atoms with E-state index in [1.165, 1.54) is 19.3 Å². The molecular weight excluding hydrogens is 310 g/mol. The van der Waals surface area contributed by atoms with Gasteiger partial charge in [-0.2, -0.15) is 0 Å². The van der Waals surface area contributed by atoms with E-state index in [0.29, 0.717) is 17.0 Å². The van der Waals surface area contributed by atoms with Crippen molar-refractivity contribution >= 4 is 34.4 Å². The van der Waals surface area contributed by atoms with E-state index in [1.807, 2.05) is 36.4 Å². The lowest BCUT2D eigenvalue weighted by molar-refractivity contribution is 0.111. The normalized spacial score (nSPS) is 12.6. The van der Waals surface area contributed by atoms with Gasteiger partial charge in [0.1, 0.15) is 12.6 Å². The van der Waals surface area contributed by atoms with Gasteiger partial charge in [-0.25, -0.2) is 0 Å². The summed E-state index contributed by atoms with van der Waals surface area (Å²) < 4.78 is 2.30. The highest BCUT2D eigenvalue weighted by Gasteiger charge is 2.15. The number of aldehydes is 2. The minimum Gasteiger partial charge on any atom is -0.340 e. The number of benzene rings is 2. The average molecular weight is 335 g/mol. The molecule has 0 amide bonds. The number of nitrogens with zero attached hydrogens (tertiary/aromatic N) is 1. The van der Waals surface area contributed by atoms with E-state index < -0.39 is 0 Å². The highest BCUT2D eigenvalue weighted by molar-refractivity contribution is 6.10. The third-order valence-electron chi connectivity index (χ3n) is 5.17. The number of fused-ring (bicyclic) bond motifs is 3. The molecule has 3 rings (SSSR count). The lowest BCUT2D eigenvalue weighted by atomic mass is 9.99. The highest BCUT2D eigenvalue weighted by Crippen LogP contribution is 2.32. The lowest BCUT2D eigenvalue weighted by Gasteiger charge is -2.17. The molecule has 0 radical (unpaired) electrons. The molecule has 0 spiro atoms. The van der Waals surface area contributed by atoms with E-state index in [9.17, 15) is 9.59 Å². The Kier molecular flexibility index (Phi) is 5.32. The third kappa shape index (κ3) is 3.37. The van der Waals surface area contributed by atoms with Gasteiger partial charge in [-0.3, -0.25) is 9.59 Å². The first kappa shape index (κ1) is 17.4. The summed E-state index contributed by atoms with van der Waals surface area (Å²) in [7, 11) is 0. The summed E-state index contributed by atoms with van der Waals surface area (Å²) in [5.74, 6) is 0.596. The number of rotatable bonds is 8. The Morgan fingerprint density at radius 1 is 0.920 bits per heavy atom. The van der Waals surface area contributed by atoms with Crippen LogP contribution >= 0.6 is 0 Å². The molecule has 3 nitrogen and oxygen atoms in total. The fourth-order valence-corrected chi connectivity index (χ4v) is 3.65. The number of hydrogen-bond acceptors (Lipinski definition) is 2. The predicted octanol–water partition coefficient (Wildman–Crippen LogP) is 5.64. The molecule has 25 heavy (non-hydrogen) atoms. The van der Waals surface area contributed by atoms with Crippen LogP contribution in [0.1, 0.15) is 60.2 Å². The maximum atomic E-state index is 11.2. The van der Waals surface area contributed by atoms with Gasteiger partial charge in [0.15, 0.2) is 0 Å². The summed E-state index contributed by atoms with van der Waals surface area (Å²) in [6.07, 6.45) is 6.55. The smallest absolute Gasteiger partial charge is 0.150 e. The van der Waals surface area contributed by atoms with Crippen LogP contribution < -0.4 is 0 Å². The number of carbonyl (C=O) groups is 2.